The topological polar surface area (TPSA) is 61.7 Å². The summed E-state index contributed by atoms with van der Waals surface area (Å²) < 4.78 is 0. The van der Waals surface area contributed by atoms with Crippen molar-refractivity contribution in [2.75, 3.05) is 6.54 Å². The van der Waals surface area contributed by atoms with Crippen LogP contribution in [0.4, 0.5) is 0 Å². The Morgan fingerprint density at radius 1 is 1.38 bits per heavy atom. The van der Waals surface area contributed by atoms with E-state index in [1.54, 1.807) is 0 Å². The molecule has 0 aromatic heterocycles. The van der Waals surface area contributed by atoms with Crippen molar-refractivity contribution >= 4 is 12.7 Å². The zero-order valence-electron chi connectivity index (χ0n) is 7.75. The summed E-state index contributed by atoms with van der Waals surface area (Å²) in [5.41, 5.74) is 0. The molecule has 0 rings (SSSR count). The molecule has 4 nitrogen and oxygen atoms in total. The molecule has 0 fully saturated rings. The number of carbonyl (C=O) groups is 1. The van der Waals surface area contributed by atoms with Gasteiger partial charge in [-0.3, -0.25) is 4.79 Å². The van der Waals surface area contributed by atoms with Crippen LogP contribution in [-0.2, 0) is 4.79 Å². The van der Waals surface area contributed by atoms with Gasteiger partial charge in [0, 0.05) is 13.0 Å². The van der Waals surface area contributed by atoms with E-state index in [9.17, 15) is 4.79 Å². The average molecular weight is 184 g/mol. The Morgan fingerprint density at radius 2 is 2.08 bits per heavy atom. The Balaban J connectivity index is 3.12. The zero-order valence-corrected chi connectivity index (χ0v) is 7.75. The molecule has 0 saturated carbocycles. The van der Waals surface area contributed by atoms with Gasteiger partial charge in [-0.15, -0.1) is 0 Å². The Bertz CT molecular complexity index is 190. The van der Waals surface area contributed by atoms with Gasteiger partial charge in [-0.2, -0.15) is 0 Å². The van der Waals surface area contributed by atoms with Crippen molar-refractivity contribution in [1.82, 2.24) is 5.32 Å². The van der Waals surface area contributed by atoms with Crippen molar-refractivity contribution in [2.45, 2.75) is 25.7 Å². The lowest BCUT2D eigenvalue weighted by atomic mass is 10.2. The number of aliphatic imine (C=N–C) groups is 1. The number of nitrogens with one attached hydrogen (secondary N) is 1. The molecule has 74 valence electrons. The number of unbranched alkanes of at least 4 members (excludes halogenated alkanes) is 2. The van der Waals surface area contributed by atoms with E-state index < -0.39 is 5.97 Å². The maximum Gasteiger partial charge on any atom is 0.303 e. The lowest BCUT2D eigenvalue weighted by molar-refractivity contribution is -0.137. The van der Waals surface area contributed by atoms with Crippen LogP contribution in [0.15, 0.2) is 17.4 Å². The molecule has 13 heavy (non-hydrogen) atoms. The minimum atomic E-state index is -0.731. The van der Waals surface area contributed by atoms with Gasteiger partial charge in [0.1, 0.15) is 5.82 Å². The molecule has 0 aliphatic carbocycles. The molecule has 0 aromatic carbocycles. The molecule has 0 bridgehead atoms. The van der Waals surface area contributed by atoms with E-state index in [2.05, 4.69) is 23.6 Å². The summed E-state index contributed by atoms with van der Waals surface area (Å²) in [5.74, 6) is -0.164. The van der Waals surface area contributed by atoms with E-state index in [4.69, 9.17) is 5.11 Å². The van der Waals surface area contributed by atoms with Crippen LogP contribution in [0, 0.1) is 0 Å². The van der Waals surface area contributed by atoms with Gasteiger partial charge < -0.3 is 10.4 Å². The lowest BCUT2D eigenvalue weighted by Crippen LogP contribution is -2.12. The number of carboxylic acids is 1. The van der Waals surface area contributed by atoms with Crippen LogP contribution in [0.3, 0.4) is 0 Å². The molecular weight excluding hydrogens is 168 g/mol. The van der Waals surface area contributed by atoms with E-state index in [-0.39, 0.29) is 6.42 Å². The molecule has 0 amide bonds. The Labute approximate surface area is 78.4 Å². The van der Waals surface area contributed by atoms with E-state index >= 15 is 0 Å². The minimum Gasteiger partial charge on any atom is -0.481 e. The predicted molar refractivity (Wildman–Crippen MR) is 52.8 cm³/mol. The molecule has 0 aromatic rings. The van der Waals surface area contributed by atoms with Crippen LogP contribution in [0.25, 0.3) is 0 Å². The summed E-state index contributed by atoms with van der Waals surface area (Å²) in [6.45, 7) is 7.67. The van der Waals surface area contributed by atoms with Gasteiger partial charge in [-0.1, -0.05) is 13.0 Å². The van der Waals surface area contributed by atoms with Crippen LogP contribution in [0.2, 0.25) is 0 Å². The van der Waals surface area contributed by atoms with Gasteiger partial charge in [-0.25, -0.2) is 4.99 Å². The number of nitrogens with zero attached hydrogens (tertiary/aromatic N) is 1. The number of rotatable bonds is 8. The standard InChI is InChI=1S/C9H16N2O2/c1-8(10-2)11-7-5-3-4-6-9(12)13/h11H,1-7H2,(H,12,13). The van der Waals surface area contributed by atoms with Gasteiger partial charge in [0.2, 0.25) is 0 Å². The van der Waals surface area contributed by atoms with Crippen molar-refractivity contribution < 1.29 is 9.90 Å². The van der Waals surface area contributed by atoms with Gasteiger partial charge in [0.25, 0.3) is 0 Å². The smallest absolute Gasteiger partial charge is 0.303 e. The molecule has 0 atom stereocenters. The van der Waals surface area contributed by atoms with Crippen LogP contribution in [0.1, 0.15) is 25.7 Å². The highest BCUT2D eigenvalue weighted by Crippen LogP contribution is 1.99. The van der Waals surface area contributed by atoms with E-state index in [0.29, 0.717) is 5.82 Å². The zero-order chi connectivity index (χ0) is 10.1. The molecule has 0 aliphatic heterocycles. The summed E-state index contributed by atoms with van der Waals surface area (Å²) in [5, 5.41) is 11.3. The summed E-state index contributed by atoms with van der Waals surface area (Å²) >= 11 is 0. The molecule has 0 spiro atoms. The second-order valence-electron chi connectivity index (χ2n) is 2.74. The van der Waals surface area contributed by atoms with Crippen molar-refractivity contribution in [2.24, 2.45) is 4.99 Å². The van der Waals surface area contributed by atoms with Crippen molar-refractivity contribution in [1.29, 1.82) is 0 Å². The molecule has 0 aliphatic rings. The van der Waals surface area contributed by atoms with Crippen LogP contribution in [0.5, 0.6) is 0 Å². The van der Waals surface area contributed by atoms with Crippen molar-refractivity contribution in [3.05, 3.63) is 12.4 Å². The van der Waals surface area contributed by atoms with Crippen LogP contribution < -0.4 is 5.32 Å². The van der Waals surface area contributed by atoms with Gasteiger partial charge in [-0.05, 0) is 19.6 Å². The van der Waals surface area contributed by atoms with E-state index in [0.717, 1.165) is 25.8 Å². The molecule has 0 saturated heterocycles. The molecule has 0 unspecified atom stereocenters. The predicted octanol–water partition coefficient (Wildman–Crippen LogP) is 1.39. The summed E-state index contributed by atoms with van der Waals surface area (Å²) in [4.78, 5) is 13.7. The number of hydrogen-bond donors (Lipinski definition) is 2. The lowest BCUT2D eigenvalue weighted by Gasteiger charge is -2.03. The largest absolute Gasteiger partial charge is 0.481 e. The van der Waals surface area contributed by atoms with Crippen LogP contribution >= 0.6 is 0 Å². The number of carboxylic acid groups (broad SMARTS) is 1. The second kappa shape index (κ2) is 7.34. The second-order valence-corrected chi connectivity index (χ2v) is 2.74. The minimum absolute atomic E-state index is 0.251. The number of aliphatic carboxylic acids is 1. The first-order valence-corrected chi connectivity index (χ1v) is 4.28. The first-order chi connectivity index (χ1) is 6.16. The molecule has 4 heteroatoms. The third-order valence-corrected chi connectivity index (χ3v) is 1.59. The fourth-order valence-electron chi connectivity index (χ4n) is 0.867. The van der Waals surface area contributed by atoms with Gasteiger partial charge in [0.05, 0.1) is 0 Å². The maximum atomic E-state index is 10.1. The molecule has 0 heterocycles. The summed E-state index contributed by atoms with van der Waals surface area (Å²) in [6, 6.07) is 0. The summed E-state index contributed by atoms with van der Waals surface area (Å²) in [7, 11) is 0. The van der Waals surface area contributed by atoms with E-state index in [1.807, 2.05) is 0 Å². The average Bonchev–Trinajstić information content (AvgIpc) is 2.10. The Morgan fingerprint density at radius 3 is 2.62 bits per heavy atom. The normalized spacial score (nSPS) is 9.23. The van der Waals surface area contributed by atoms with Crippen molar-refractivity contribution in [3.63, 3.8) is 0 Å². The highest BCUT2D eigenvalue weighted by atomic mass is 16.4. The third-order valence-electron chi connectivity index (χ3n) is 1.59. The van der Waals surface area contributed by atoms with Crippen LogP contribution in [-0.4, -0.2) is 24.3 Å². The number of hydrogen-bond acceptors (Lipinski definition) is 3. The highest BCUT2D eigenvalue weighted by Gasteiger charge is 1.95. The maximum absolute atomic E-state index is 10.1. The third kappa shape index (κ3) is 8.59. The summed E-state index contributed by atoms with van der Waals surface area (Å²) in [6.07, 6.45) is 2.82. The molecular formula is C9H16N2O2. The fraction of sp³-hybridized carbons (Fsp3) is 0.556. The molecule has 0 radical (unpaired) electrons. The highest BCUT2D eigenvalue weighted by molar-refractivity contribution is 5.66. The van der Waals surface area contributed by atoms with Crippen molar-refractivity contribution in [3.8, 4) is 0 Å². The SMILES string of the molecule is C=NC(=C)NCCCCCC(=O)O. The molecule has 2 N–H and O–H groups in total. The first kappa shape index (κ1) is 11.7. The quantitative estimate of drug-likeness (QED) is 0.442. The van der Waals surface area contributed by atoms with E-state index in [1.165, 1.54) is 0 Å². The Hall–Kier alpha value is -1.32. The van der Waals surface area contributed by atoms with Gasteiger partial charge >= 0.3 is 5.97 Å². The Kier molecular flexibility index (Phi) is 6.59. The first-order valence-electron chi connectivity index (χ1n) is 4.28. The fourth-order valence-corrected chi connectivity index (χ4v) is 0.867. The van der Waals surface area contributed by atoms with Gasteiger partial charge in [0.15, 0.2) is 0 Å². The monoisotopic (exact) mass is 184 g/mol.